The number of ether oxygens (including phenoxy) is 1. The van der Waals surface area contributed by atoms with Crippen LogP contribution in [0.15, 0.2) is 17.8 Å². The number of fused-ring (bicyclic) bond motifs is 1. The number of anilines is 1. The Labute approximate surface area is 133 Å². The topological polar surface area (TPSA) is 58.5 Å². The summed E-state index contributed by atoms with van der Waals surface area (Å²) in [6.07, 6.45) is 4.39. The van der Waals surface area contributed by atoms with Gasteiger partial charge in [0.1, 0.15) is 17.0 Å². The van der Waals surface area contributed by atoms with Gasteiger partial charge in [-0.25, -0.2) is 9.97 Å². The zero-order chi connectivity index (χ0) is 15.2. The van der Waals surface area contributed by atoms with Crippen LogP contribution in [0.2, 0.25) is 0 Å². The molecule has 2 aliphatic rings. The summed E-state index contributed by atoms with van der Waals surface area (Å²) < 4.78 is 5.84. The molecule has 5 nitrogen and oxygen atoms in total. The Balaban J connectivity index is 1.53. The third-order valence-corrected chi connectivity index (χ3v) is 6.17. The molecule has 3 heterocycles. The average molecular weight is 319 g/mol. The molecule has 2 aromatic heterocycles. The molecule has 1 spiro atoms. The Morgan fingerprint density at radius 3 is 2.95 bits per heavy atom. The number of hydrogen-bond donors (Lipinski definition) is 1. The molecule has 2 aromatic rings. The molecule has 0 bridgehead atoms. The van der Waals surface area contributed by atoms with Crippen LogP contribution in [0.25, 0.3) is 10.2 Å². The Hall–Kier alpha value is -1.24. The summed E-state index contributed by atoms with van der Waals surface area (Å²) in [5.74, 6) is 1.03. The van der Waals surface area contributed by atoms with Crippen LogP contribution in [0, 0.1) is 5.41 Å². The summed E-state index contributed by atoms with van der Waals surface area (Å²) in [7, 11) is 0. The molecular weight excluding hydrogens is 298 g/mol. The zero-order valence-corrected chi connectivity index (χ0v) is 13.6. The summed E-state index contributed by atoms with van der Waals surface area (Å²) in [5.41, 5.74) is -0.0344. The molecule has 0 radical (unpaired) electrons. The maximum absolute atomic E-state index is 10.3. The molecule has 6 heteroatoms. The first-order chi connectivity index (χ1) is 10.7. The highest BCUT2D eigenvalue weighted by atomic mass is 32.1. The van der Waals surface area contributed by atoms with Crippen molar-refractivity contribution in [1.82, 2.24) is 9.97 Å². The molecule has 2 atom stereocenters. The number of rotatable bonds is 3. The Bertz CT molecular complexity index is 664. The van der Waals surface area contributed by atoms with Crippen LogP contribution in [0.5, 0.6) is 0 Å². The fourth-order valence-corrected chi connectivity index (χ4v) is 4.71. The lowest BCUT2D eigenvalue weighted by Crippen LogP contribution is -2.62. The fourth-order valence-electron chi connectivity index (χ4n) is 3.98. The summed E-state index contributed by atoms with van der Waals surface area (Å²) >= 11 is 1.65. The third kappa shape index (κ3) is 2.05. The Morgan fingerprint density at radius 1 is 1.41 bits per heavy atom. The minimum Gasteiger partial charge on any atom is -0.392 e. The summed E-state index contributed by atoms with van der Waals surface area (Å²) in [4.78, 5) is 12.2. The maximum atomic E-state index is 10.3. The third-order valence-electron chi connectivity index (χ3n) is 5.34. The highest BCUT2D eigenvalue weighted by molar-refractivity contribution is 7.16. The number of nitrogens with zero attached hydrogens (tertiary/aromatic N) is 3. The molecule has 0 amide bonds. The van der Waals surface area contributed by atoms with E-state index in [1.165, 1.54) is 0 Å². The van der Waals surface area contributed by atoms with E-state index >= 15 is 0 Å². The van der Waals surface area contributed by atoms with Crippen molar-refractivity contribution in [2.24, 2.45) is 5.41 Å². The van der Waals surface area contributed by atoms with Crippen molar-refractivity contribution < 1.29 is 9.84 Å². The van der Waals surface area contributed by atoms with E-state index in [1.54, 1.807) is 17.7 Å². The van der Waals surface area contributed by atoms with Crippen LogP contribution in [0.3, 0.4) is 0 Å². The number of aliphatic hydroxyl groups excluding tert-OH is 1. The summed E-state index contributed by atoms with van der Waals surface area (Å²) in [5, 5.41) is 13.5. The van der Waals surface area contributed by atoms with Gasteiger partial charge in [-0.15, -0.1) is 11.3 Å². The van der Waals surface area contributed by atoms with E-state index < -0.39 is 0 Å². The van der Waals surface area contributed by atoms with Crippen molar-refractivity contribution in [3.63, 3.8) is 0 Å². The van der Waals surface area contributed by atoms with E-state index in [1.807, 2.05) is 6.92 Å². The monoisotopic (exact) mass is 319 g/mol. The van der Waals surface area contributed by atoms with E-state index in [0.717, 1.165) is 55.0 Å². The summed E-state index contributed by atoms with van der Waals surface area (Å²) in [6.45, 7) is 4.59. The number of aliphatic hydroxyl groups is 1. The van der Waals surface area contributed by atoms with Gasteiger partial charge in [-0.05, 0) is 31.2 Å². The van der Waals surface area contributed by atoms with E-state index in [9.17, 15) is 5.11 Å². The van der Waals surface area contributed by atoms with Gasteiger partial charge in [0.25, 0.3) is 0 Å². The SMILES string of the molecule is CCO[C@H]1C[C@@H](O)C12CCN(c1ncnc3sccc13)CC2. The second-order valence-electron chi connectivity index (χ2n) is 6.25. The van der Waals surface area contributed by atoms with Gasteiger partial charge < -0.3 is 14.7 Å². The molecule has 0 aromatic carbocycles. The zero-order valence-electron chi connectivity index (χ0n) is 12.7. The number of piperidine rings is 1. The largest absolute Gasteiger partial charge is 0.392 e. The first-order valence-corrected chi connectivity index (χ1v) is 8.85. The first kappa shape index (κ1) is 14.4. The van der Waals surface area contributed by atoms with Crippen LogP contribution in [-0.4, -0.2) is 47.0 Å². The molecule has 1 saturated heterocycles. The van der Waals surface area contributed by atoms with Crippen LogP contribution in [0.1, 0.15) is 26.2 Å². The molecule has 1 aliphatic carbocycles. The molecule has 1 saturated carbocycles. The van der Waals surface area contributed by atoms with E-state index in [2.05, 4.69) is 26.3 Å². The summed E-state index contributed by atoms with van der Waals surface area (Å²) in [6, 6.07) is 2.10. The second-order valence-corrected chi connectivity index (χ2v) is 7.15. The van der Waals surface area contributed by atoms with Crippen molar-refractivity contribution in [1.29, 1.82) is 0 Å². The van der Waals surface area contributed by atoms with Gasteiger partial charge in [-0.2, -0.15) is 0 Å². The van der Waals surface area contributed by atoms with Crippen LogP contribution < -0.4 is 4.90 Å². The van der Waals surface area contributed by atoms with E-state index in [-0.39, 0.29) is 17.6 Å². The molecule has 2 fully saturated rings. The van der Waals surface area contributed by atoms with E-state index in [0.29, 0.717) is 0 Å². The lowest BCUT2D eigenvalue weighted by Gasteiger charge is -2.56. The lowest BCUT2D eigenvalue weighted by molar-refractivity contribution is -0.199. The fraction of sp³-hybridized carbons (Fsp3) is 0.625. The van der Waals surface area contributed by atoms with Crippen LogP contribution in [-0.2, 0) is 4.74 Å². The van der Waals surface area contributed by atoms with Crippen LogP contribution >= 0.6 is 11.3 Å². The van der Waals surface area contributed by atoms with E-state index in [4.69, 9.17) is 4.74 Å². The molecule has 1 N–H and O–H groups in total. The Kier molecular flexibility index (Phi) is 3.55. The van der Waals surface area contributed by atoms with Gasteiger partial charge >= 0.3 is 0 Å². The first-order valence-electron chi connectivity index (χ1n) is 7.97. The minimum atomic E-state index is -0.210. The number of aromatic nitrogens is 2. The smallest absolute Gasteiger partial charge is 0.140 e. The molecule has 22 heavy (non-hydrogen) atoms. The Morgan fingerprint density at radius 2 is 2.23 bits per heavy atom. The molecule has 118 valence electrons. The van der Waals surface area contributed by atoms with Crippen molar-refractivity contribution in [2.45, 2.75) is 38.4 Å². The van der Waals surface area contributed by atoms with Gasteiger partial charge in [0.05, 0.1) is 17.6 Å². The highest BCUT2D eigenvalue weighted by Crippen LogP contribution is 2.51. The van der Waals surface area contributed by atoms with Gasteiger partial charge in [0.2, 0.25) is 0 Å². The van der Waals surface area contributed by atoms with Gasteiger partial charge in [0.15, 0.2) is 0 Å². The quantitative estimate of drug-likeness (QED) is 0.942. The van der Waals surface area contributed by atoms with Gasteiger partial charge in [-0.1, -0.05) is 0 Å². The standard InChI is InChI=1S/C16H21N3O2S/c1-2-21-13-9-12(20)16(13)4-6-19(7-5-16)14-11-3-8-22-15(11)18-10-17-14/h3,8,10,12-13,20H,2,4-7,9H2,1H3/t12-,13+/m1/s1. The van der Waals surface area contributed by atoms with Gasteiger partial charge in [0, 0.05) is 31.5 Å². The average Bonchev–Trinajstić information content (AvgIpc) is 3.03. The van der Waals surface area contributed by atoms with Gasteiger partial charge in [-0.3, -0.25) is 0 Å². The van der Waals surface area contributed by atoms with Crippen LogP contribution in [0.4, 0.5) is 5.82 Å². The molecule has 4 rings (SSSR count). The number of hydrogen-bond acceptors (Lipinski definition) is 6. The van der Waals surface area contributed by atoms with Crippen molar-refractivity contribution >= 4 is 27.4 Å². The highest BCUT2D eigenvalue weighted by Gasteiger charge is 2.56. The lowest BCUT2D eigenvalue weighted by atomic mass is 9.58. The van der Waals surface area contributed by atoms with Crippen molar-refractivity contribution in [3.8, 4) is 0 Å². The second kappa shape index (κ2) is 5.44. The molecule has 1 aliphatic heterocycles. The predicted molar refractivity (Wildman–Crippen MR) is 87.3 cm³/mol. The normalized spacial score (nSPS) is 27.3. The van der Waals surface area contributed by atoms with Crippen molar-refractivity contribution in [2.75, 3.05) is 24.6 Å². The molecular formula is C16H21N3O2S. The maximum Gasteiger partial charge on any atom is 0.140 e. The number of thiophene rings is 1. The van der Waals surface area contributed by atoms with Crippen molar-refractivity contribution in [3.05, 3.63) is 17.8 Å². The molecule has 0 unspecified atom stereocenters. The predicted octanol–water partition coefficient (Wildman–Crippen LogP) is 2.45. The minimum absolute atomic E-state index is 0.0344.